The zero-order chi connectivity index (χ0) is 7.82. The van der Waals surface area contributed by atoms with Crippen LogP contribution < -0.4 is 5.73 Å². The number of unbranched alkanes of at least 4 members (excludes halogenated alkanes) is 1. The van der Waals surface area contributed by atoms with Crippen molar-refractivity contribution in [3.8, 4) is 0 Å². The maximum Gasteiger partial charge on any atom is 0.0141 e. The van der Waals surface area contributed by atoms with Crippen molar-refractivity contribution in [2.75, 3.05) is 12.3 Å². The van der Waals surface area contributed by atoms with E-state index in [0.29, 0.717) is 5.25 Å². The van der Waals surface area contributed by atoms with E-state index < -0.39 is 0 Å². The van der Waals surface area contributed by atoms with Gasteiger partial charge in [-0.15, -0.1) is 6.58 Å². The molecule has 0 aliphatic heterocycles. The van der Waals surface area contributed by atoms with Crippen LogP contribution in [0.15, 0.2) is 12.7 Å². The van der Waals surface area contributed by atoms with Crippen LogP contribution in [0.1, 0.15) is 19.8 Å². The molecule has 0 fully saturated rings. The van der Waals surface area contributed by atoms with E-state index in [1.165, 1.54) is 12.2 Å². The van der Waals surface area contributed by atoms with Crippen LogP contribution in [0, 0.1) is 0 Å². The van der Waals surface area contributed by atoms with Gasteiger partial charge in [-0.3, -0.25) is 0 Å². The van der Waals surface area contributed by atoms with E-state index >= 15 is 0 Å². The molecule has 1 unspecified atom stereocenters. The van der Waals surface area contributed by atoms with E-state index in [2.05, 4.69) is 13.5 Å². The highest BCUT2D eigenvalue weighted by molar-refractivity contribution is 7.99. The molecule has 0 amide bonds. The van der Waals surface area contributed by atoms with Gasteiger partial charge in [-0.1, -0.05) is 13.0 Å². The fourth-order valence-corrected chi connectivity index (χ4v) is 1.45. The second-order valence-corrected chi connectivity index (χ2v) is 3.89. The minimum Gasteiger partial charge on any atom is -0.329 e. The van der Waals surface area contributed by atoms with Gasteiger partial charge in [-0.05, 0) is 18.6 Å². The van der Waals surface area contributed by atoms with Gasteiger partial charge in [0.05, 0.1) is 0 Å². The first-order valence-corrected chi connectivity index (χ1v) is 4.78. The van der Waals surface area contributed by atoms with Crippen molar-refractivity contribution in [3.05, 3.63) is 12.7 Å². The molecule has 10 heavy (non-hydrogen) atoms. The van der Waals surface area contributed by atoms with Crippen molar-refractivity contribution in [2.24, 2.45) is 5.73 Å². The van der Waals surface area contributed by atoms with Gasteiger partial charge in [-0.2, -0.15) is 11.8 Å². The van der Waals surface area contributed by atoms with E-state index in [4.69, 9.17) is 5.73 Å². The van der Waals surface area contributed by atoms with Gasteiger partial charge in [0.1, 0.15) is 0 Å². The first kappa shape index (κ1) is 10.0. The fraction of sp³-hybridized carbons (Fsp3) is 0.750. The summed E-state index contributed by atoms with van der Waals surface area (Å²) in [4.78, 5) is 0. The maximum absolute atomic E-state index is 5.45. The van der Waals surface area contributed by atoms with Gasteiger partial charge >= 0.3 is 0 Å². The molecule has 2 heteroatoms. The molecule has 0 aromatic carbocycles. The van der Waals surface area contributed by atoms with E-state index in [0.717, 1.165) is 13.0 Å². The number of allylic oxidation sites excluding steroid dienone is 1. The van der Waals surface area contributed by atoms with Crippen molar-refractivity contribution in [1.29, 1.82) is 0 Å². The Kier molecular flexibility index (Phi) is 7.20. The first-order chi connectivity index (χ1) is 4.81. The highest BCUT2D eigenvalue weighted by atomic mass is 32.2. The van der Waals surface area contributed by atoms with Crippen molar-refractivity contribution in [3.63, 3.8) is 0 Å². The van der Waals surface area contributed by atoms with E-state index in [-0.39, 0.29) is 0 Å². The highest BCUT2D eigenvalue weighted by Crippen LogP contribution is 2.10. The Morgan fingerprint density at radius 2 is 2.40 bits per heavy atom. The molecule has 0 bridgehead atoms. The van der Waals surface area contributed by atoms with E-state index in [9.17, 15) is 0 Å². The summed E-state index contributed by atoms with van der Waals surface area (Å²) in [6, 6.07) is 0. The first-order valence-electron chi connectivity index (χ1n) is 3.73. The van der Waals surface area contributed by atoms with Gasteiger partial charge in [0.2, 0.25) is 0 Å². The Morgan fingerprint density at radius 1 is 1.70 bits per heavy atom. The molecule has 0 saturated heterocycles. The third-order valence-corrected chi connectivity index (χ3v) is 2.57. The third kappa shape index (κ3) is 6.17. The molecular formula is C8H17NS. The lowest BCUT2D eigenvalue weighted by atomic mass is 10.3. The van der Waals surface area contributed by atoms with Crippen molar-refractivity contribution in [2.45, 2.75) is 25.0 Å². The highest BCUT2D eigenvalue weighted by Gasteiger charge is 1.96. The number of hydrogen-bond donors (Lipinski definition) is 1. The summed E-state index contributed by atoms with van der Waals surface area (Å²) in [6.45, 7) is 6.62. The van der Waals surface area contributed by atoms with Gasteiger partial charge in [0.25, 0.3) is 0 Å². The van der Waals surface area contributed by atoms with Crippen LogP contribution in [0.25, 0.3) is 0 Å². The summed E-state index contributed by atoms with van der Waals surface area (Å²) in [5.74, 6) is 1.21. The standard InChI is InChI=1S/C8H17NS/c1-3-4-5-6-10-8(2)7-9/h3,8H,1,4-7,9H2,2H3. The maximum atomic E-state index is 5.45. The molecule has 60 valence electrons. The largest absolute Gasteiger partial charge is 0.329 e. The predicted octanol–water partition coefficient (Wildman–Crippen LogP) is 2.03. The summed E-state index contributed by atoms with van der Waals surface area (Å²) >= 11 is 1.94. The SMILES string of the molecule is C=CCCCSC(C)CN. The molecule has 1 nitrogen and oxygen atoms in total. The summed E-state index contributed by atoms with van der Waals surface area (Å²) in [5, 5.41) is 0.616. The molecule has 0 spiro atoms. The molecule has 0 radical (unpaired) electrons. The molecule has 0 aromatic heterocycles. The van der Waals surface area contributed by atoms with Crippen LogP contribution >= 0.6 is 11.8 Å². The topological polar surface area (TPSA) is 26.0 Å². The number of hydrogen-bond acceptors (Lipinski definition) is 2. The Labute approximate surface area is 68.1 Å². The Bertz CT molecular complexity index is 83.3. The second-order valence-electron chi connectivity index (χ2n) is 2.35. The zero-order valence-electron chi connectivity index (χ0n) is 6.68. The lowest BCUT2D eigenvalue weighted by Gasteiger charge is -2.05. The summed E-state index contributed by atoms with van der Waals surface area (Å²) in [6.07, 6.45) is 4.33. The van der Waals surface area contributed by atoms with E-state index in [1.807, 2.05) is 17.8 Å². The molecule has 1 atom stereocenters. The van der Waals surface area contributed by atoms with Crippen LogP contribution in [0.4, 0.5) is 0 Å². The third-order valence-electron chi connectivity index (χ3n) is 1.29. The normalized spacial score (nSPS) is 13.0. The average molecular weight is 159 g/mol. The monoisotopic (exact) mass is 159 g/mol. The van der Waals surface area contributed by atoms with E-state index in [1.54, 1.807) is 0 Å². The number of nitrogens with two attached hydrogens (primary N) is 1. The minimum atomic E-state index is 0.616. The van der Waals surface area contributed by atoms with Crippen molar-refractivity contribution < 1.29 is 0 Å². The Morgan fingerprint density at radius 3 is 2.90 bits per heavy atom. The van der Waals surface area contributed by atoms with Gasteiger partial charge in [0.15, 0.2) is 0 Å². The Balaban J connectivity index is 2.95. The number of rotatable bonds is 6. The van der Waals surface area contributed by atoms with Crippen LogP contribution in [0.3, 0.4) is 0 Å². The molecule has 2 N–H and O–H groups in total. The van der Waals surface area contributed by atoms with Crippen LogP contribution in [0.2, 0.25) is 0 Å². The number of thioether (sulfide) groups is 1. The summed E-state index contributed by atoms with van der Waals surface area (Å²) in [5.41, 5.74) is 5.45. The van der Waals surface area contributed by atoms with Gasteiger partial charge in [-0.25, -0.2) is 0 Å². The van der Waals surface area contributed by atoms with Crippen LogP contribution in [-0.4, -0.2) is 17.5 Å². The van der Waals surface area contributed by atoms with Crippen molar-refractivity contribution >= 4 is 11.8 Å². The van der Waals surface area contributed by atoms with Crippen LogP contribution in [0.5, 0.6) is 0 Å². The summed E-state index contributed by atoms with van der Waals surface area (Å²) < 4.78 is 0. The van der Waals surface area contributed by atoms with Gasteiger partial charge in [0, 0.05) is 11.8 Å². The molecular weight excluding hydrogens is 142 g/mol. The minimum absolute atomic E-state index is 0.616. The average Bonchev–Trinajstić information content (AvgIpc) is 1.98. The quantitative estimate of drug-likeness (QED) is 0.474. The Hall–Kier alpha value is 0.0500. The second kappa shape index (κ2) is 7.16. The summed E-state index contributed by atoms with van der Waals surface area (Å²) in [7, 11) is 0. The fourth-order valence-electron chi connectivity index (χ4n) is 0.580. The van der Waals surface area contributed by atoms with Gasteiger partial charge < -0.3 is 5.73 Å². The lowest BCUT2D eigenvalue weighted by Crippen LogP contribution is -2.12. The molecule has 0 aliphatic rings. The predicted molar refractivity (Wildman–Crippen MR) is 50.4 cm³/mol. The van der Waals surface area contributed by atoms with Crippen molar-refractivity contribution in [1.82, 2.24) is 0 Å². The molecule has 0 heterocycles. The lowest BCUT2D eigenvalue weighted by molar-refractivity contribution is 0.930. The molecule has 0 aliphatic carbocycles. The molecule has 0 rings (SSSR count). The molecule has 0 aromatic rings. The zero-order valence-corrected chi connectivity index (χ0v) is 7.49. The molecule has 0 saturated carbocycles. The smallest absolute Gasteiger partial charge is 0.0141 e. The van der Waals surface area contributed by atoms with Crippen LogP contribution in [-0.2, 0) is 0 Å².